The molecule has 1 unspecified atom stereocenters. The van der Waals surface area contributed by atoms with Gasteiger partial charge in [-0.1, -0.05) is 11.6 Å². The van der Waals surface area contributed by atoms with Crippen LogP contribution in [0.4, 0.5) is 4.79 Å². The molecule has 1 aromatic carbocycles. The number of primary amides is 1. The molecule has 7 nitrogen and oxygen atoms in total. The van der Waals surface area contributed by atoms with E-state index in [9.17, 15) is 14.4 Å². The van der Waals surface area contributed by atoms with Gasteiger partial charge in [0.25, 0.3) is 11.8 Å². The second-order valence-electron chi connectivity index (χ2n) is 3.68. The minimum atomic E-state index is -0.858. The molecule has 0 aliphatic heterocycles. The van der Waals surface area contributed by atoms with Gasteiger partial charge in [-0.2, -0.15) is 0 Å². The van der Waals surface area contributed by atoms with Crippen LogP contribution in [0.2, 0.25) is 5.02 Å². The molecule has 0 aliphatic carbocycles. The van der Waals surface area contributed by atoms with Crippen molar-refractivity contribution in [1.29, 1.82) is 0 Å². The van der Waals surface area contributed by atoms with Gasteiger partial charge in [0.1, 0.15) is 6.04 Å². The molecule has 0 bridgehead atoms. The Bertz CT molecular complexity index is 489. The van der Waals surface area contributed by atoms with Gasteiger partial charge in [-0.05, 0) is 31.2 Å². The van der Waals surface area contributed by atoms with Crippen LogP contribution >= 0.6 is 11.6 Å². The SMILES string of the molecule is CC(NC(N)=O)C(=O)NNC(=O)c1ccc(Cl)cc1. The van der Waals surface area contributed by atoms with Crippen molar-refractivity contribution in [2.75, 3.05) is 0 Å². The van der Waals surface area contributed by atoms with Crippen molar-refractivity contribution >= 4 is 29.4 Å². The number of hydrazine groups is 1. The second kappa shape index (κ2) is 6.60. The summed E-state index contributed by atoms with van der Waals surface area (Å²) in [7, 11) is 0. The summed E-state index contributed by atoms with van der Waals surface area (Å²) < 4.78 is 0. The highest BCUT2D eigenvalue weighted by Gasteiger charge is 2.14. The third-order valence-corrected chi connectivity index (χ3v) is 2.41. The van der Waals surface area contributed by atoms with Crippen LogP contribution in [-0.4, -0.2) is 23.9 Å². The highest BCUT2D eigenvalue weighted by molar-refractivity contribution is 6.30. The fourth-order valence-corrected chi connectivity index (χ4v) is 1.30. The molecule has 0 aromatic heterocycles. The van der Waals surface area contributed by atoms with E-state index in [2.05, 4.69) is 16.2 Å². The van der Waals surface area contributed by atoms with Gasteiger partial charge in [0.2, 0.25) is 0 Å². The summed E-state index contributed by atoms with van der Waals surface area (Å²) in [4.78, 5) is 33.6. The van der Waals surface area contributed by atoms with Gasteiger partial charge in [0, 0.05) is 10.6 Å². The summed E-state index contributed by atoms with van der Waals surface area (Å²) in [6, 6.07) is 4.43. The van der Waals surface area contributed by atoms with Gasteiger partial charge in [0.15, 0.2) is 0 Å². The van der Waals surface area contributed by atoms with Gasteiger partial charge in [-0.3, -0.25) is 20.4 Å². The molecule has 0 saturated heterocycles. The summed E-state index contributed by atoms with van der Waals surface area (Å²) in [6.45, 7) is 1.43. The Morgan fingerprint density at radius 1 is 1.16 bits per heavy atom. The molecule has 8 heteroatoms. The molecular weight excluding hydrogens is 272 g/mol. The number of halogens is 1. The Balaban J connectivity index is 2.48. The number of carbonyl (C=O) groups is 3. The van der Waals surface area contributed by atoms with E-state index in [0.29, 0.717) is 10.6 Å². The average molecular weight is 285 g/mol. The molecule has 1 atom stereocenters. The first-order chi connectivity index (χ1) is 8.90. The minimum absolute atomic E-state index is 0.334. The standard InChI is InChI=1S/C11H13ClN4O3/c1-6(14-11(13)19)9(17)15-16-10(18)7-2-4-8(12)5-3-7/h2-6H,1H3,(H,15,17)(H,16,18)(H3,13,14,19). The van der Waals surface area contributed by atoms with Crippen LogP contribution in [0.3, 0.4) is 0 Å². The van der Waals surface area contributed by atoms with Crippen LogP contribution in [-0.2, 0) is 4.79 Å². The molecule has 102 valence electrons. The monoisotopic (exact) mass is 284 g/mol. The molecule has 1 aromatic rings. The number of hydrogen-bond donors (Lipinski definition) is 4. The lowest BCUT2D eigenvalue weighted by atomic mass is 10.2. The number of hydrogen-bond acceptors (Lipinski definition) is 3. The summed E-state index contributed by atoms with van der Waals surface area (Å²) in [5, 5.41) is 2.67. The van der Waals surface area contributed by atoms with Crippen LogP contribution < -0.4 is 21.9 Å². The Labute approximate surface area is 114 Å². The molecular formula is C11H13ClN4O3. The smallest absolute Gasteiger partial charge is 0.312 e. The summed E-state index contributed by atoms with van der Waals surface area (Å²) in [5.41, 5.74) is 9.55. The molecule has 0 radical (unpaired) electrons. The van der Waals surface area contributed by atoms with Crippen molar-refractivity contribution in [3.8, 4) is 0 Å². The fraction of sp³-hybridized carbons (Fsp3) is 0.182. The van der Waals surface area contributed by atoms with E-state index in [1.807, 2.05) is 0 Å². The van der Waals surface area contributed by atoms with Crippen molar-refractivity contribution in [3.05, 3.63) is 34.9 Å². The zero-order valence-corrected chi connectivity index (χ0v) is 10.8. The highest BCUT2D eigenvalue weighted by Crippen LogP contribution is 2.08. The molecule has 0 spiro atoms. The average Bonchev–Trinajstić information content (AvgIpc) is 2.35. The zero-order chi connectivity index (χ0) is 14.4. The Morgan fingerprint density at radius 2 is 1.74 bits per heavy atom. The normalized spacial score (nSPS) is 11.3. The quantitative estimate of drug-likeness (QED) is 0.593. The third kappa shape index (κ3) is 4.84. The van der Waals surface area contributed by atoms with Crippen LogP contribution in [0.1, 0.15) is 17.3 Å². The molecule has 5 N–H and O–H groups in total. The molecule has 1 rings (SSSR count). The van der Waals surface area contributed by atoms with E-state index in [0.717, 1.165) is 0 Å². The van der Waals surface area contributed by atoms with Gasteiger partial charge in [-0.15, -0.1) is 0 Å². The minimum Gasteiger partial charge on any atom is -0.352 e. The van der Waals surface area contributed by atoms with E-state index in [1.165, 1.54) is 19.1 Å². The molecule has 0 heterocycles. The number of rotatable bonds is 3. The first-order valence-electron chi connectivity index (χ1n) is 5.32. The number of benzene rings is 1. The second-order valence-corrected chi connectivity index (χ2v) is 4.12. The molecule has 0 fully saturated rings. The lowest BCUT2D eigenvalue weighted by molar-refractivity contribution is -0.123. The fourth-order valence-electron chi connectivity index (χ4n) is 1.18. The van der Waals surface area contributed by atoms with Crippen molar-refractivity contribution in [2.45, 2.75) is 13.0 Å². The first kappa shape index (κ1) is 14.8. The van der Waals surface area contributed by atoms with E-state index < -0.39 is 23.9 Å². The zero-order valence-electron chi connectivity index (χ0n) is 10.1. The maximum absolute atomic E-state index is 11.6. The van der Waals surface area contributed by atoms with Crippen molar-refractivity contribution in [1.82, 2.24) is 16.2 Å². The van der Waals surface area contributed by atoms with E-state index >= 15 is 0 Å². The largest absolute Gasteiger partial charge is 0.352 e. The lowest BCUT2D eigenvalue weighted by Gasteiger charge is -2.13. The van der Waals surface area contributed by atoms with Gasteiger partial charge >= 0.3 is 6.03 Å². The van der Waals surface area contributed by atoms with Crippen molar-refractivity contribution in [2.24, 2.45) is 5.73 Å². The molecule has 19 heavy (non-hydrogen) atoms. The van der Waals surface area contributed by atoms with Gasteiger partial charge < -0.3 is 11.1 Å². The predicted molar refractivity (Wildman–Crippen MR) is 69.2 cm³/mol. The lowest BCUT2D eigenvalue weighted by Crippen LogP contribution is -2.52. The Hall–Kier alpha value is -2.28. The number of nitrogens with two attached hydrogens (primary N) is 1. The maximum Gasteiger partial charge on any atom is 0.312 e. The number of carbonyl (C=O) groups excluding carboxylic acids is 3. The first-order valence-corrected chi connectivity index (χ1v) is 5.69. The predicted octanol–water partition coefficient (Wildman–Crippen LogP) is 0.158. The number of amides is 4. The highest BCUT2D eigenvalue weighted by atomic mass is 35.5. The number of urea groups is 1. The van der Waals surface area contributed by atoms with Crippen LogP contribution in [0.5, 0.6) is 0 Å². The Morgan fingerprint density at radius 3 is 2.26 bits per heavy atom. The van der Waals surface area contributed by atoms with E-state index in [1.54, 1.807) is 12.1 Å². The molecule has 4 amide bonds. The topological polar surface area (TPSA) is 113 Å². The van der Waals surface area contributed by atoms with E-state index in [-0.39, 0.29) is 0 Å². The molecule has 0 saturated carbocycles. The summed E-state index contributed by atoms with van der Waals surface area (Å²) >= 11 is 5.68. The van der Waals surface area contributed by atoms with Crippen molar-refractivity contribution in [3.63, 3.8) is 0 Å². The number of nitrogens with one attached hydrogen (secondary N) is 3. The molecule has 0 aliphatic rings. The van der Waals surface area contributed by atoms with Crippen molar-refractivity contribution < 1.29 is 14.4 Å². The van der Waals surface area contributed by atoms with Crippen LogP contribution in [0.15, 0.2) is 24.3 Å². The third-order valence-electron chi connectivity index (χ3n) is 2.16. The summed E-state index contributed by atoms with van der Waals surface area (Å²) in [6.07, 6.45) is 0. The maximum atomic E-state index is 11.6. The van der Waals surface area contributed by atoms with Gasteiger partial charge in [-0.25, -0.2) is 4.79 Å². The Kier molecular flexibility index (Phi) is 5.13. The van der Waals surface area contributed by atoms with Crippen LogP contribution in [0, 0.1) is 0 Å². The summed E-state index contributed by atoms with van der Waals surface area (Å²) in [5.74, 6) is -1.10. The van der Waals surface area contributed by atoms with Gasteiger partial charge in [0.05, 0.1) is 0 Å². The van der Waals surface area contributed by atoms with Crippen LogP contribution in [0.25, 0.3) is 0 Å². The van der Waals surface area contributed by atoms with E-state index in [4.69, 9.17) is 17.3 Å².